The molecule has 0 saturated heterocycles. The molecule has 3 nitrogen and oxygen atoms in total. The van der Waals surface area contributed by atoms with Crippen molar-refractivity contribution in [2.75, 3.05) is 6.61 Å². The van der Waals surface area contributed by atoms with E-state index in [1.54, 1.807) is 24.3 Å². The summed E-state index contributed by atoms with van der Waals surface area (Å²) in [6.07, 6.45) is 0. The average Bonchev–Trinajstić information content (AvgIpc) is 2.65. The summed E-state index contributed by atoms with van der Waals surface area (Å²) >= 11 is 6.11. The van der Waals surface area contributed by atoms with Crippen molar-refractivity contribution >= 4 is 28.3 Å². The molecule has 0 saturated carbocycles. The molecule has 0 bridgehead atoms. The largest absolute Gasteiger partial charge is 0.458 e. The Balaban J connectivity index is 1.54. The number of hydrogen-bond acceptors (Lipinski definition) is 3. The molecule has 0 aliphatic heterocycles. The van der Waals surface area contributed by atoms with Crippen molar-refractivity contribution in [3.63, 3.8) is 0 Å². The van der Waals surface area contributed by atoms with Crippen molar-refractivity contribution in [2.45, 2.75) is 12.2 Å². The summed E-state index contributed by atoms with van der Waals surface area (Å²) in [5, 5.41) is 2.28. The predicted molar refractivity (Wildman–Crippen MR) is 95.1 cm³/mol. The third-order valence-electron chi connectivity index (χ3n) is 3.65. The van der Waals surface area contributed by atoms with Gasteiger partial charge in [-0.1, -0.05) is 72.3 Å². The number of alkyl halides is 1. The van der Waals surface area contributed by atoms with Gasteiger partial charge in [0.25, 0.3) is 0 Å². The highest BCUT2D eigenvalue weighted by Crippen LogP contribution is 2.20. The van der Waals surface area contributed by atoms with Crippen LogP contribution in [0.25, 0.3) is 10.8 Å². The zero-order chi connectivity index (χ0) is 16.8. The molecule has 0 aromatic heterocycles. The molecule has 122 valence electrons. The lowest BCUT2D eigenvalue weighted by molar-refractivity contribution is 0.0166. The molecule has 0 aliphatic rings. The number of rotatable bonds is 6. The number of ether oxygens (including phenoxy) is 2. The highest BCUT2D eigenvalue weighted by molar-refractivity contribution is 6.19. The predicted octanol–water partition coefficient (Wildman–Crippen LogP) is 4.78. The number of halogens is 1. The van der Waals surface area contributed by atoms with E-state index in [0.717, 1.165) is 16.3 Å². The summed E-state index contributed by atoms with van der Waals surface area (Å²) in [6, 6.07) is 22.9. The second-order valence-corrected chi connectivity index (χ2v) is 5.81. The van der Waals surface area contributed by atoms with E-state index in [0.29, 0.717) is 12.2 Å². The van der Waals surface area contributed by atoms with E-state index >= 15 is 0 Å². The van der Waals surface area contributed by atoms with Gasteiger partial charge in [-0.2, -0.15) is 0 Å². The summed E-state index contributed by atoms with van der Waals surface area (Å²) in [6.45, 7) is 0.360. The quantitative estimate of drug-likeness (QED) is 0.478. The minimum absolute atomic E-state index is 0.0000489. The van der Waals surface area contributed by atoms with Gasteiger partial charge < -0.3 is 9.47 Å². The van der Waals surface area contributed by atoms with Crippen LogP contribution in [0.1, 0.15) is 15.9 Å². The number of carbonyl (C=O) groups excluding carboxylic acids is 1. The van der Waals surface area contributed by atoms with Gasteiger partial charge in [0.15, 0.2) is 5.56 Å². The standard InChI is InChI=1S/C20H17ClO3/c21-19(14-24-20(22)16-8-2-1-3-9-16)23-13-17-11-6-10-15-7-4-5-12-18(15)17/h1-12,19H,13-14H2. The van der Waals surface area contributed by atoms with Crippen molar-refractivity contribution in [1.29, 1.82) is 0 Å². The van der Waals surface area contributed by atoms with Gasteiger partial charge in [0.05, 0.1) is 12.2 Å². The zero-order valence-electron chi connectivity index (χ0n) is 13.0. The lowest BCUT2D eigenvalue weighted by atomic mass is 10.1. The van der Waals surface area contributed by atoms with Gasteiger partial charge in [-0.25, -0.2) is 4.79 Å². The van der Waals surface area contributed by atoms with Crippen LogP contribution in [-0.4, -0.2) is 18.1 Å². The second kappa shape index (κ2) is 7.95. The van der Waals surface area contributed by atoms with Gasteiger partial charge in [-0.15, -0.1) is 0 Å². The van der Waals surface area contributed by atoms with Crippen molar-refractivity contribution in [3.05, 3.63) is 83.9 Å². The van der Waals surface area contributed by atoms with Gasteiger partial charge >= 0.3 is 5.97 Å². The Morgan fingerprint density at radius 1 is 0.917 bits per heavy atom. The highest BCUT2D eigenvalue weighted by atomic mass is 35.5. The lowest BCUT2D eigenvalue weighted by Crippen LogP contribution is -2.17. The third kappa shape index (κ3) is 4.13. The molecule has 0 aliphatic carbocycles. The Hall–Kier alpha value is -2.36. The summed E-state index contributed by atoms with van der Waals surface area (Å²) in [4.78, 5) is 11.9. The Labute approximate surface area is 145 Å². The third-order valence-corrected chi connectivity index (χ3v) is 3.91. The van der Waals surface area contributed by atoms with Gasteiger partial charge in [0, 0.05) is 0 Å². The second-order valence-electron chi connectivity index (χ2n) is 5.32. The molecule has 0 N–H and O–H groups in total. The van der Waals surface area contributed by atoms with Gasteiger partial charge in [0.2, 0.25) is 0 Å². The molecule has 3 rings (SSSR count). The first-order valence-corrected chi connectivity index (χ1v) is 8.12. The minimum Gasteiger partial charge on any atom is -0.458 e. The van der Waals surface area contributed by atoms with Gasteiger partial charge in [-0.05, 0) is 28.5 Å². The highest BCUT2D eigenvalue weighted by Gasteiger charge is 2.12. The van der Waals surface area contributed by atoms with Crippen LogP contribution in [0, 0.1) is 0 Å². The Bertz CT molecular complexity index is 812. The van der Waals surface area contributed by atoms with Crippen LogP contribution < -0.4 is 0 Å². The summed E-state index contributed by atoms with van der Waals surface area (Å²) in [5.41, 5.74) is 0.847. The average molecular weight is 341 g/mol. The van der Waals surface area contributed by atoms with Crippen LogP contribution in [0.5, 0.6) is 0 Å². The first-order valence-electron chi connectivity index (χ1n) is 7.68. The Kier molecular flexibility index (Phi) is 5.47. The molecule has 0 amide bonds. The smallest absolute Gasteiger partial charge is 0.338 e. The maximum absolute atomic E-state index is 11.9. The van der Waals surface area contributed by atoms with E-state index in [9.17, 15) is 4.79 Å². The number of hydrogen-bond donors (Lipinski definition) is 0. The van der Waals surface area contributed by atoms with Crippen LogP contribution in [0.15, 0.2) is 72.8 Å². The van der Waals surface area contributed by atoms with E-state index in [4.69, 9.17) is 21.1 Å². The van der Waals surface area contributed by atoms with E-state index in [2.05, 4.69) is 12.1 Å². The topological polar surface area (TPSA) is 35.5 Å². The van der Waals surface area contributed by atoms with Crippen LogP contribution in [0.3, 0.4) is 0 Å². The molecule has 0 radical (unpaired) electrons. The number of esters is 1. The molecular weight excluding hydrogens is 324 g/mol. The number of benzene rings is 3. The van der Waals surface area contributed by atoms with Gasteiger partial charge in [0.1, 0.15) is 6.61 Å². The normalized spacial score (nSPS) is 12.0. The van der Waals surface area contributed by atoms with E-state index in [1.165, 1.54) is 0 Å². The maximum atomic E-state index is 11.9. The van der Waals surface area contributed by atoms with E-state index in [-0.39, 0.29) is 6.61 Å². The Morgan fingerprint density at radius 3 is 2.46 bits per heavy atom. The fraction of sp³-hybridized carbons (Fsp3) is 0.150. The number of fused-ring (bicyclic) bond motifs is 1. The molecule has 3 aromatic rings. The minimum atomic E-state index is -0.698. The fourth-order valence-corrected chi connectivity index (χ4v) is 2.57. The zero-order valence-corrected chi connectivity index (χ0v) is 13.8. The molecule has 24 heavy (non-hydrogen) atoms. The van der Waals surface area contributed by atoms with Crippen LogP contribution in [0.4, 0.5) is 0 Å². The van der Waals surface area contributed by atoms with Crippen LogP contribution in [-0.2, 0) is 16.1 Å². The summed E-state index contributed by atoms with van der Waals surface area (Å²) in [5.74, 6) is -0.407. The maximum Gasteiger partial charge on any atom is 0.338 e. The van der Waals surface area contributed by atoms with Crippen molar-refractivity contribution in [1.82, 2.24) is 0 Å². The van der Waals surface area contributed by atoms with Crippen molar-refractivity contribution in [2.24, 2.45) is 0 Å². The lowest BCUT2D eigenvalue weighted by Gasteiger charge is -2.13. The molecule has 1 unspecified atom stereocenters. The first kappa shape index (κ1) is 16.5. The molecule has 4 heteroatoms. The monoisotopic (exact) mass is 340 g/mol. The molecular formula is C20H17ClO3. The summed E-state index contributed by atoms with van der Waals surface area (Å²) in [7, 11) is 0. The molecule has 0 heterocycles. The van der Waals surface area contributed by atoms with Crippen LogP contribution in [0.2, 0.25) is 0 Å². The Morgan fingerprint density at radius 2 is 1.62 bits per heavy atom. The van der Waals surface area contributed by atoms with Crippen molar-refractivity contribution < 1.29 is 14.3 Å². The molecule has 3 aromatic carbocycles. The molecule has 0 fully saturated rings. The molecule has 0 spiro atoms. The van der Waals surface area contributed by atoms with Crippen molar-refractivity contribution in [3.8, 4) is 0 Å². The van der Waals surface area contributed by atoms with E-state index in [1.807, 2.05) is 36.4 Å². The molecule has 1 atom stereocenters. The SMILES string of the molecule is O=C(OCC(Cl)OCc1cccc2ccccc12)c1ccccc1. The number of carbonyl (C=O) groups is 1. The summed E-state index contributed by atoms with van der Waals surface area (Å²) < 4.78 is 10.8. The van der Waals surface area contributed by atoms with Gasteiger partial charge in [-0.3, -0.25) is 0 Å². The van der Waals surface area contributed by atoms with E-state index < -0.39 is 11.5 Å². The van der Waals surface area contributed by atoms with Crippen LogP contribution >= 0.6 is 11.6 Å². The first-order chi connectivity index (χ1) is 11.7. The fourth-order valence-electron chi connectivity index (χ4n) is 2.45.